The number of primary amides is 1. The summed E-state index contributed by atoms with van der Waals surface area (Å²) in [7, 11) is 1.66. The highest BCUT2D eigenvalue weighted by Gasteiger charge is 2.13. The predicted octanol–water partition coefficient (Wildman–Crippen LogP) is 3.80. The zero-order chi connectivity index (χ0) is 26.5. The SMILES string of the molecule is CCc1cc(CNC(=O)c2ccnc(Cc3cc(C(N)=O)c4ncc(Cl)cc4c3)c2)ccc1C(N)=NC. The molecule has 8 nitrogen and oxygen atoms in total. The molecule has 4 rings (SSSR count). The second kappa shape index (κ2) is 11.2. The van der Waals surface area contributed by atoms with E-state index in [1.165, 1.54) is 6.20 Å². The lowest BCUT2D eigenvalue weighted by atomic mass is 10.0. The van der Waals surface area contributed by atoms with E-state index in [-0.39, 0.29) is 5.91 Å². The number of pyridine rings is 2. The van der Waals surface area contributed by atoms with Gasteiger partial charge < -0.3 is 16.8 Å². The number of nitrogens with one attached hydrogen (secondary N) is 1. The van der Waals surface area contributed by atoms with E-state index in [1.54, 1.807) is 37.5 Å². The fourth-order valence-electron chi connectivity index (χ4n) is 4.20. The fraction of sp³-hybridized carbons (Fsp3) is 0.179. The number of aromatic nitrogens is 2. The molecule has 0 fully saturated rings. The number of hydrogen-bond donors (Lipinski definition) is 3. The number of benzene rings is 2. The minimum atomic E-state index is -0.577. The van der Waals surface area contributed by atoms with Crippen molar-refractivity contribution in [3.8, 4) is 0 Å². The molecule has 0 radical (unpaired) electrons. The van der Waals surface area contributed by atoms with Gasteiger partial charge in [-0.05, 0) is 53.4 Å². The Balaban J connectivity index is 1.51. The lowest BCUT2D eigenvalue weighted by Gasteiger charge is -2.11. The zero-order valence-corrected chi connectivity index (χ0v) is 21.3. The van der Waals surface area contributed by atoms with Gasteiger partial charge in [0.15, 0.2) is 0 Å². The maximum atomic E-state index is 12.9. The molecule has 5 N–H and O–H groups in total. The minimum Gasteiger partial charge on any atom is -0.384 e. The number of amides is 2. The number of nitrogens with two attached hydrogens (primary N) is 2. The van der Waals surface area contributed by atoms with Crippen molar-refractivity contribution in [2.75, 3.05) is 7.05 Å². The lowest BCUT2D eigenvalue weighted by Crippen LogP contribution is -2.23. The van der Waals surface area contributed by atoms with E-state index >= 15 is 0 Å². The van der Waals surface area contributed by atoms with Crippen LogP contribution in [0.5, 0.6) is 0 Å². The Morgan fingerprint density at radius 2 is 1.81 bits per heavy atom. The first-order valence-corrected chi connectivity index (χ1v) is 12.1. The highest BCUT2D eigenvalue weighted by atomic mass is 35.5. The number of carbonyl (C=O) groups excluding carboxylic acids is 2. The van der Waals surface area contributed by atoms with Crippen molar-refractivity contribution in [2.24, 2.45) is 16.5 Å². The maximum absolute atomic E-state index is 12.9. The Kier molecular flexibility index (Phi) is 7.79. The summed E-state index contributed by atoms with van der Waals surface area (Å²) in [4.78, 5) is 37.6. The molecule has 2 heterocycles. The summed E-state index contributed by atoms with van der Waals surface area (Å²) in [6.07, 6.45) is 4.27. The van der Waals surface area contributed by atoms with Crippen molar-refractivity contribution in [1.82, 2.24) is 15.3 Å². The molecule has 0 saturated carbocycles. The molecular formula is C28H27ClN6O2. The molecule has 0 aliphatic carbocycles. The number of nitrogens with zero attached hydrogens (tertiary/aromatic N) is 3. The van der Waals surface area contributed by atoms with Crippen molar-refractivity contribution in [3.05, 3.63) is 105 Å². The third-order valence-electron chi connectivity index (χ3n) is 6.06. The molecular weight excluding hydrogens is 488 g/mol. The van der Waals surface area contributed by atoms with Crippen LogP contribution in [0.15, 0.2) is 65.9 Å². The van der Waals surface area contributed by atoms with Gasteiger partial charge in [-0.25, -0.2) is 0 Å². The predicted molar refractivity (Wildman–Crippen MR) is 146 cm³/mol. The molecule has 0 spiro atoms. The van der Waals surface area contributed by atoms with Gasteiger partial charge >= 0.3 is 0 Å². The lowest BCUT2D eigenvalue weighted by molar-refractivity contribution is 0.0949. The van der Waals surface area contributed by atoms with Gasteiger partial charge in [-0.3, -0.25) is 24.5 Å². The van der Waals surface area contributed by atoms with E-state index in [4.69, 9.17) is 23.1 Å². The van der Waals surface area contributed by atoms with Crippen LogP contribution in [-0.2, 0) is 19.4 Å². The summed E-state index contributed by atoms with van der Waals surface area (Å²) < 4.78 is 0. The monoisotopic (exact) mass is 514 g/mol. The second-order valence-electron chi connectivity index (χ2n) is 8.58. The van der Waals surface area contributed by atoms with Gasteiger partial charge in [-0.1, -0.05) is 36.7 Å². The van der Waals surface area contributed by atoms with E-state index in [0.29, 0.717) is 51.5 Å². The molecule has 2 aromatic carbocycles. The Hall–Kier alpha value is -4.30. The van der Waals surface area contributed by atoms with E-state index in [0.717, 1.165) is 28.7 Å². The first-order valence-electron chi connectivity index (χ1n) is 11.7. The summed E-state index contributed by atoms with van der Waals surface area (Å²) in [6, 6.07) is 14.6. The maximum Gasteiger partial charge on any atom is 0.251 e. The fourth-order valence-corrected chi connectivity index (χ4v) is 4.37. The summed E-state index contributed by atoms with van der Waals surface area (Å²) >= 11 is 6.09. The quantitative estimate of drug-likeness (QED) is 0.242. The van der Waals surface area contributed by atoms with Crippen molar-refractivity contribution in [3.63, 3.8) is 0 Å². The summed E-state index contributed by atoms with van der Waals surface area (Å²) in [5, 5.41) is 4.13. The topological polar surface area (TPSA) is 136 Å². The van der Waals surface area contributed by atoms with Gasteiger partial charge in [0.2, 0.25) is 0 Å². The third-order valence-corrected chi connectivity index (χ3v) is 6.27. The summed E-state index contributed by atoms with van der Waals surface area (Å²) in [5.74, 6) is -0.301. The van der Waals surface area contributed by atoms with Crippen LogP contribution in [0, 0.1) is 0 Å². The number of hydrogen-bond acceptors (Lipinski definition) is 5. The van der Waals surface area contributed by atoms with Crippen LogP contribution in [0.1, 0.15) is 55.6 Å². The molecule has 0 atom stereocenters. The molecule has 0 aliphatic heterocycles. The number of amidine groups is 1. The normalized spacial score (nSPS) is 11.5. The molecule has 4 aromatic rings. The van der Waals surface area contributed by atoms with Crippen LogP contribution in [0.3, 0.4) is 0 Å². The Bertz CT molecular complexity index is 1530. The average Bonchev–Trinajstić information content (AvgIpc) is 2.90. The zero-order valence-electron chi connectivity index (χ0n) is 20.6. The molecule has 0 bridgehead atoms. The largest absolute Gasteiger partial charge is 0.384 e. The molecule has 37 heavy (non-hydrogen) atoms. The van der Waals surface area contributed by atoms with Gasteiger partial charge in [0.05, 0.1) is 16.1 Å². The molecule has 0 saturated heterocycles. The third kappa shape index (κ3) is 5.92. The van der Waals surface area contributed by atoms with Crippen LogP contribution in [0.25, 0.3) is 10.9 Å². The van der Waals surface area contributed by atoms with Crippen molar-refractivity contribution < 1.29 is 9.59 Å². The van der Waals surface area contributed by atoms with E-state index in [9.17, 15) is 9.59 Å². The smallest absolute Gasteiger partial charge is 0.251 e. The van der Waals surface area contributed by atoms with Crippen LogP contribution in [0.2, 0.25) is 5.02 Å². The highest BCUT2D eigenvalue weighted by molar-refractivity contribution is 6.31. The minimum absolute atomic E-state index is 0.215. The van der Waals surface area contributed by atoms with Gasteiger partial charge in [-0.2, -0.15) is 0 Å². The first-order chi connectivity index (χ1) is 17.8. The molecule has 9 heteroatoms. The van der Waals surface area contributed by atoms with Gasteiger partial charge in [0.25, 0.3) is 11.8 Å². The first kappa shape index (κ1) is 25.8. The molecule has 0 aliphatic rings. The van der Waals surface area contributed by atoms with Crippen molar-refractivity contribution in [2.45, 2.75) is 26.3 Å². The van der Waals surface area contributed by atoms with Crippen molar-refractivity contribution >= 4 is 40.2 Å². The van der Waals surface area contributed by atoms with E-state index in [2.05, 4.69) is 27.2 Å². The molecule has 2 aromatic heterocycles. The molecule has 188 valence electrons. The number of aryl methyl sites for hydroxylation is 1. The van der Waals surface area contributed by atoms with Crippen LogP contribution < -0.4 is 16.8 Å². The van der Waals surface area contributed by atoms with E-state index < -0.39 is 5.91 Å². The number of fused-ring (bicyclic) bond motifs is 1. The van der Waals surface area contributed by atoms with Crippen LogP contribution in [0.4, 0.5) is 0 Å². The van der Waals surface area contributed by atoms with Crippen LogP contribution >= 0.6 is 11.6 Å². The molecule has 2 amide bonds. The van der Waals surface area contributed by atoms with Gasteiger partial charge in [0.1, 0.15) is 5.84 Å². The Labute approximate surface area is 219 Å². The standard InChI is InChI=1S/C28H27ClN6O2/c1-3-18-8-16(4-5-23(18)26(30)32-2)14-35-28(37)19-6-7-33-22(13-19)10-17-9-20-12-21(29)15-34-25(20)24(11-17)27(31)36/h4-9,11-13,15H,3,10,14H2,1-2H3,(H2,30,32)(H2,31,36)(H,35,37). The number of carbonyl (C=O) groups is 2. The van der Waals surface area contributed by atoms with Gasteiger partial charge in [-0.15, -0.1) is 0 Å². The Morgan fingerprint density at radius 3 is 2.54 bits per heavy atom. The molecule has 0 unspecified atom stereocenters. The van der Waals surface area contributed by atoms with E-state index in [1.807, 2.05) is 24.3 Å². The number of rotatable bonds is 8. The number of halogens is 1. The Morgan fingerprint density at radius 1 is 1.00 bits per heavy atom. The van der Waals surface area contributed by atoms with Crippen molar-refractivity contribution in [1.29, 1.82) is 0 Å². The average molecular weight is 515 g/mol. The second-order valence-corrected chi connectivity index (χ2v) is 9.02. The highest BCUT2D eigenvalue weighted by Crippen LogP contribution is 2.24. The summed E-state index contributed by atoms with van der Waals surface area (Å²) in [6.45, 7) is 2.42. The van der Waals surface area contributed by atoms with Gasteiger partial charge in [0, 0.05) is 54.6 Å². The number of aliphatic imine (C=N–C) groups is 1. The van der Waals surface area contributed by atoms with Crippen LogP contribution in [-0.4, -0.2) is 34.7 Å². The summed E-state index contributed by atoms with van der Waals surface area (Å²) in [5.41, 5.74) is 17.3.